The van der Waals surface area contributed by atoms with Crippen LogP contribution in [0.2, 0.25) is 0 Å². The molecule has 3 aromatic heterocycles. The Morgan fingerprint density at radius 3 is 2.60 bits per heavy atom. The SMILES string of the molecule is CC(C)NC(=O)c1nc(C(=O)NCc2ccncc2)n2ccccc12. The lowest BCUT2D eigenvalue weighted by Crippen LogP contribution is -2.30. The van der Waals surface area contributed by atoms with Crippen LogP contribution in [0.3, 0.4) is 0 Å². The number of nitrogens with zero attached hydrogens (tertiary/aromatic N) is 3. The maximum Gasteiger partial charge on any atom is 0.287 e. The Hall–Kier alpha value is -3.22. The van der Waals surface area contributed by atoms with Crippen molar-refractivity contribution < 1.29 is 9.59 Å². The zero-order valence-corrected chi connectivity index (χ0v) is 14.1. The molecule has 0 saturated carbocycles. The first-order chi connectivity index (χ1) is 12.1. The summed E-state index contributed by atoms with van der Waals surface area (Å²) in [6.07, 6.45) is 5.05. The van der Waals surface area contributed by atoms with Gasteiger partial charge in [0.15, 0.2) is 5.69 Å². The number of nitrogens with one attached hydrogen (secondary N) is 2. The molecule has 0 aliphatic carbocycles. The van der Waals surface area contributed by atoms with E-state index in [1.54, 1.807) is 35.1 Å². The number of rotatable bonds is 5. The van der Waals surface area contributed by atoms with E-state index in [2.05, 4.69) is 20.6 Å². The van der Waals surface area contributed by atoms with Gasteiger partial charge in [-0.3, -0.25) is 19.0 Å². The molecule has 2 N–H and O–H groups in total. The maximum atomic E-state index is 12.5. The molecule has 0 fully saturated rings. The van der Waals surface area contributed by atoms with Gasteiger partial charge >= 0.3 is 0 Å². The molecule has 7 nitrogen and oxygen atoms in total. The number of hydrogen-bond donors (Lipinski definition) is 2. The summed E-state index contributed by atoms with van der Waals surface area (Å²) in [5, 5.41) is 5.63. The van der Waals surface area contributed by atoms with Crippen molar-refractivity contribution in [1.82, 2.24) is 25.0 Å². The predicted molar refractivity (Wildman–Crippen MR) is 93.2 cm³/mol. The lowest BCUT2D eigenvalue weighted by molar-refractivity contribution is 0.0939. The summed E-state index contributed by atoms with van der Waals surface area (Å²) >= 11 is 0. The van der Waals surface area contributed by atoms with Crippen LogP contribution in [0.25, 0.3) is 5.52 Å². The zero-order valence-electron chi connectivity index (χ0n) is 14.1. The van der Waals surface area contributed by atoms with Crippen molar-refractivity contribution in [3.63, 3.8) is 0 Å². The Morgan fingerprint density at radius 2 is 1.88 bits per heavy atom. The van der Waals surface area contributed by atoms with Crippen molar-refractivity contribution in [2.45, 2.75) is 26.4 Å². The second-order valence-electron chi connectivity index (χ2n) is 5.91. The first-order valence-electron chi connectivity index (χ1n) is 8.01. The number of carbonyl (C=O) groups excluding carboxylic acids is 2. The lowest BCUT2D eigenvalue weighted by Gasteiger charge is -2.06. The lowest BCUT2D eigenvalue weighted by atomic mass is 10.3. The molecule has 0 bridgehead atoms. The molecule has 0 saturated heterocycles. The second kappa shape index (κ2) is 7.12. The van der Waals surface area contributed by atoms with Gasteiger partial charge < -0.3 is 10.6 Å². The molecule has 0 radical (unpaired) electrons. The van der Waals surface area contributed by atoms with Gasteiger partial charge in [-0.2, -0.15) is 0 Å². The number of pyridine rings is 2. The molecule has 3 rings (SSSR count). The minimum Gasteiger partial charge on any atom is -0.348 e. The highest BCUT2D eigenvalue weighted by Gasteiger charge is 2.21. The molecule has 0 atom stereocenters. The van der Waals surface area contributed by atoms with E-state index in [-0.39, 0.29) is 29.4 Å². The van der Waals surface area contributed by atoms with Gasteiger partial charge in [-0.15, -0.1) is 0 Å². The van der Waals surface area contributed by atoms with E-state index in [1.165, 1.54) is 0 Å². The minimum absolute atomic E-state index is 0.0167. The third-order valence-corrected chi connectivity index (χ3v) is 3.59. The average Bonchev–Trinajstić information content (AvgIpc) is 3.00. The molecule has 128 valence electrons. The van der Waals surface area contributed by atoms with Gasteiger partial charge in [-0.1, -0.05) is 6.07 Å². The Balaban J connectivity index is 1.88. The summed E-state index contributed by atoms with van der Waals surface area (Å²) in [7, 11) is 0. The molecular formula is C18H19N5O2. The molecule has 3 aromatic rings. The third-order valence-electron chi connectivity index (χ3n) is 3.59. The molecule has 0 aliphatic heterocycles. The van der Waals surface area contributed by atoms with Crippen LogP contribution in [0.5, 0.6) is 0 Å². The van der Waals surface area contributed by atoms with Gasteiger partial charge in [0.25, 0.3) is 11.8 Å². The number of imidazole rings is 1. The van der Waals surface area contributed by atoms with Crippen molar-refractivity contribution in [3.05, 3.63) is 66.0 Å². The van der Waals surface area contributed by atoms with Crippen LogP contribution in [0.1, 0.15) is 40.5 Å². The first kappa shape index (κ1) is 16.6. The highest BCUT2D eigenvalue weighted by Crippen LogP contribution is 2.13. The molecular weight excluding hydrogens is 318 g/mol. The maximum absolute atomic E-state index is 12.5. The molecule has 0 spiro atoms. The Bertz CT molecular complexity index is 902. The standard InChI is InChI=1S/C18H19N5O2/c1-12(2)21-17(24)15-14-5-3-4-10-23(14)16(22-15)18(25)20-11-13-6-8-19-9-7-13/h3-10,12H,11H2,1-2H3,(H,20,25)(H,21,24). The van der Waals surface area contributed by atoms with Crippen molar-refractivity contribution in [2.75, 3.05) is 0 Å². The van der Waals surface area contributed by atoms with E-state index in [1.807, 2.05) is 32.0 Å². The van der Waals surface area contributed by atoms with E-state index in [4.69, 9.17) is 0 Å². The van der Waals surface area contributed by atoms with Gasteiger partial charge in [0, 0.05) is 31.2 Å². The van der Waals surface area contributed by atoms with Crippen LogP contribution in [0.4, 0.5) is 0 Å². The highest BCUT2D eigenvalue weighted by atomic mass is 16.2. The first-order valence-corrected chi connectivity index (χ1v) is 8.01. The number of aromatic nitrogens is 3. The quantitative estimate of drug-likeness (QED) is 0.743. The molecule has 25 heavy (non-hydrogen) atoms. The van der Waals surface area contributed by atoms with E-state index >= 15 is 0 Å². The van der Waals surface area contributed by atoms with Crippen molar-refractivity contribution >= 4 is 17.3 Å². The Kier molecular flexibility index (Phi) is 4.74. The smallest absolute Gasteiger partial charge is 0.287 e. The summed E-state index contributed by atoms with van der Waals surface area (Å²) in [6, 6.07) is 9.00. The summed E-state index contributed by atoms with van der Waals surface area (Å²) in [5.41, 5.74) is 1.76. The molecule has 0 aromatic carbocycles. The van der Waals surface area contributed by atoms with Crippen molar-refractivity contribution in [1.29, 1.82) is 0 Å². The fourth-order valence-electron chi connectivity index (χ4n) is 2.46. The fraction of sp³-hybridized carbons (Fsp3) is 0.222. The number of amides is 2. The van der Waals surface area contributed by atoms with E-state index in [9.17, 15) is 9.59 Å². The summed E-state index contributed by atoms with van der Waals surface area (Å²) in [6.45, 7) is 4.10. The normalized spacial score (nSPS) is 10.8. The number of carbonyl (C=O) groups is 2. The topological polar surface area (TPSA) is 88.4 Å². The van der Waals surface area contributed by atoms with Crippen molar-refractivity contribution in [2.24, 2.45) is 0 Å². The van der Waals surface area contributed by atoms with Crippen LogP contribution in [0.15, 0.2) is 48.9 Å². The van der Waals surface area contributed by atoms with E-state index in [0.717, 1.165) is 5.56 Å². The molecule has 0 aliphatic rings. The zero-order chi connectivity index (χ0) is 17.8. The third kappa shape index (κ3) is 3.65. The van der Waals surface area contributed by atoms with Crippen molar-refractivity contribution in [3.8, 4) is 0 Å². The van der Waals surface area contributed by atoms with Crippen LogP contribution in [-0.4, -0.2) is 32.2 Å². The summed E-state index contributed by atoms with van der Waals surface area (Å²) < 4.78 is 1.62. The van der Waals surface area contributed by atoms with Crippen LogP contribution >= 0.6 is 0 Å². The van der Waals surface area contributed by atoms with Gasteiger partial charge in [0.2, 0.25) is 5.82 Å². The van der Waals surface area contributed by atoms with Crippen LogP contribution in [0, 0.1) is 0 Å². The van der Waals surface area contributed by atoms with Gasteiger partial charge in [-0.25, -0.2) is 4.98 Å². The van der Waals surface area contributed by atoms with Crippen LogP contribution < -0.4 is 10.6 Å². The number of hydrogen-bond acceptors (Lipinski definition) is 4. The van der Waals surface area contributed by atoms with E-state index < -0.39 is 0 Å². The number of fused-ring (bicyclic) bond motifs is 1. The van der Waals surface area contributed by atoms with Gasteiger partial charge in [0.05, 0.1) is 5.52 Å². The average molecular weight is 337 g/mol. The second-order valence-corrected chi connectivity index (χ2v) is 5.91. The Morgan fingerprint density at radius 1 is 1.12 bits per heavy atom. The summed E-state index contributed by atoms with van der Waals surface area (Å²) in [5.74, 6) is -0.466. The van der Waals surface area contributed by atoms with Gasteiger partial charge in [-0.05, 0) is 43.7 Å². The van der Waals surface area contributed by atoms with Gasteiger partial charge in [0.1, 0.15) is 0 Å². The molecule has 0 unspecified atom stereocenters. The van der Waals surface area contributed by atoms with E-state index in [0.29, 0.717) is 12.1 Å². The largest absolute Gasteiger partial charge is 0.348 e. The molecule has 2 amide bonds. The fourth-order valence-corrected chi connectivity index (χ4v) is 2.46. The summed E-state index contributed by atoms with van der Waals surface area (Å²) in [4.78, 5) is 33.1. The Labute approximate surface area is 145 Å². The molecule has 3 heterocycles. The monoisotopic (exact) mass is 337 g/mol. The molecule has 7 heteroatoms. The minimum atomic E-state index is -0.346. The predicted octanol–water partition coefficient (Wildman–Crippen LogP) is 1.80. The van der Waals surface area contributed by atoms with Crippen LogP contribution in [-0.2, 0) is 6.54 Å². The highest BCUT2D eigenvalue weighted by molar-refractivity contribution is 6.02.